The maximum absolute atomic E-state index is 8.92. The lowest BCUT2D eigenvalue weighted by molar-refractivity contribution is 0.265. The zero-order valence-corrected chi connectivity index (χ0v) is 8.16. The summed E-state index contributed by atoms with van der Waals surface area (Å²) in [6.07, 6.45) is 1.70. The Labute approximate surface area is 79.7 Å². The van der Waals surface area contributed by atoms with Gasteiger partial charge in [0.05, 0.1) is 6.61 Å². The quantitative estimate of drug-likeness (QED) is 0.811. The molecule has 12 heavy (non-hydrogen) atoms. The van der Waals surface area contributed by atoms with E-state index in [4.69, 9.17) is 10.8 Å². The number of aromatic nitrogens is 1. The molecule has 0 aliphatic heterocycles. The van der Waals surface area contributed by atoms with Crippen molar-refractivity contribution in [1.29, 1.82) is 0 Å². The fourth-order valence-corrected chi connectivity index (χ4v) is 1.15. The zero-order chi connectivity index (χ0) is 8.97. The molecule has 0 saturated carbocycles. The first-order valence-electron chi connectivity index (χ1n) is 3.70. The highest BCUT2D eigenvalue weighted by molar-refractivity contribution is 9.10. The van der Waals surface area contributed by atoms with Crippen molar-refractivity contribution in [3.63, 3.8) is 0 Å². The van der Waals surface area contributed by atoms with Gasteiger partial charge in [-0.1, -0.05) is 0 Å². The van der Waals surface area contributed by atoms with Gasteiger partial charge in [0.15, 0.2) is 0 Å². The maximum atomic E-state index is 8.92. The molecule has 0 fully saturated rings. The number of hydrogen-bond donors (Lipinski definition) is 2. The predicted molar refractivity (Wildman–Crippen MR) is 50.8 cm³/mol. The van der Waals surface area contributed by atoms with Gasteiger partial charge in [0, 0.05) is 28.8 Å². The molecular weight excluding hydrogens is 220 g/mol. The summed E-state index contributed by atoms with van der Waals surface area (Å²) in [5, 5.41) is 8.92. The van der Waals surface area contributed by atoms with Crippen molar-refractivity contribution in [2.75, 3.05) is 13.2 Å². The summed E-state index contributed by atoms with van der Waals surface area (Å²) in [6, 6.07) is 3.75. The standard InChI is InChI=1S/C8H11BrN2O/c9-7-1-2-8(11-4-7)6(3-10)5-12/h1-2,4,6,12H,3,5,10H2. The highest BCUT2D eigenvalue weighted by atomic mass is 79.9. The Morgan fingerprint density at radius 2 is 2.33 bits per heavy atom. The van der Waals surface area contributed by atoms with E-state index in [-0.39, 0.29) is 12.5 Å². The summed E-state index contributed by atoms with van der Waals surface area (Å²) in [5.41, 5.74) is 6.28. The molecule has 1 rings (SSSR count). The number of nitrogens with two attached hydrogens (primary N) is 1. The third-order valence-electron chi connectivity index (χ3n) is 1.67. The Morgan fingerprint density at radius 1 is 1.58 bits per heavy atom. The monoisotopic (exact) mass is 230 g/mol. The molecule has 0 saturated heterocycles. The van der Waals surface area contributed by atoms with E-state index in [0.29, 0.717) is 6.54 Å². The normalized spacial score (nSPS) is 12.9. The second-order valence-electron chi connectivity index (χ2n) is 2.52. The molecule has 1 heterocycles. The van der Waals surface area contributed by atoms with Crippen molar-refractivity contribution in [3.05, 3.63) is 28.5 Å². The van der Waals surface area contributed by atoms with Gasteiger partial charge in [0.2, 0.25) is 0 Å². The summed E-state index contributed by atoms with van der Waals surface area (Å²) in [4.78, 5) is 4.13. The first-order valence-corrected chi connectivity index (χ1v) is 4.49. The molecule has 4 heteroatoms. The second kappa shape index (κ2) is 4.54. The zero-order valence-electron chi connectivity index (χ0n) is 6.57. The van der Waals surface area contributed by atoms with E-state index >= 15 is 0 Å². The van der Waals surface area contributed by atoms with Crippen LogP contribution in [0.5, 0.6) is 0 Å². The van der Waals surface area contributed by atoms with Crippen LogP contribution in [0.4, 0.5) is 0 Å². The molecule has 1 unspecified atom stereocenters. The fraction of sp³-hybridized carbons (Fsp3) is 0.375. The molecule has 1 aromatic rings. The molecule has 66 valence electrons. The molecule has 1 aromatic heterocycles. The Kier molecular flexibility index (Phi) is 3.65. The summed E-state index contributed by atoms with van der Waals surface area (Å²) >= 11 is 3.28. The number of hydrogen-bond acceptors (Lipinski definition) is 3. The predicted octanol–water partition coefficient (Wildman–Crippen LogP) is 0.879. The topological polar surface area (TPSA) is 59.1 Å². The molecule has 0 spiro atoms. The van der Waals surface area contributed by atoms with Crippen molar-refractivity contribution in [1.82, 2.24) is 4.98 Å². The molecule has 1 atom stereocenters. The van der Waals surface area contributed by atoms with E-state index in [9.17, 15) is 0 Å². The van der Waals surface area contributed by atoms with E-state index in [2.05, 4.69) is 20.9 Å². The first kappa shape index (κ1) is 9.64. The number of nitrogens with zero attached hydrogens (tertiary/aromatic N) is 1. The Morgan fingerprint density at radius 3 is 2.75 bits per heavy atom. The van der Waals surface area contributed by atoms with Crippen LogP contribution in [0.2, 0.25) is 0 Å². The van der Waals surface area contributed by atoms with Crippen molar-refractivity contribution in [2.45, 2.75) is 5.92 Å². The average Bonchev–Trinajstić information content (AvgIpc) is 2.10. The van der Waals surface area contributed by atoms with Crippen LogP contribution in [0, 0.1) is 0 Å². The van der Waals surface area contributed by atoms with Gasteiger partial charge in [-0.05, 0) is 28.1 Å². The molecular formula is C8H11BrN2O. The van der Waals surface area contributed by atoms with Gasteiger partial charge < -0.3 is 10.8 Å². The molecule has 0 amide bonds. The van der Waals surface area contributed by atoms with Crippen LogP contribution in [0.25, 0.3) is 0 Å². The van der Waals surface area contributed by atoms with E-state index in [0.717, 1.165) is 10.2 Å². The number of rotatable bonds is 3. The van der Waals surface area contributed by atoms with E-state index < -0.39 is 0 Å². The van der Waals surface area contributed by atoms with Crippen LogP contribution in [-0.2, 0) is 0 Å². The summed E-state index contributed by atoms with van der Waals surface area (Å²) < 4.78 is 0.931. The number of aliphatic hydroxyl groups excluding tert-OH is 1. The smallest absolute Gasteiger partial charge is 0.0527 e. The van der Waals surface area contributed by atoms with Gasteiger partial charge in [0.25, 0.3) is 0 Å². The van der Waals surface area contributed by atoms with Crippen molar-refractivity contribution in [2.24, 2.45) is 5.73 Å². The van der Waals surface area contributed by atoms with Gasteiger partial charge in [-0.2, -0.15) is 0 Å². The number of aliphatic hydroxyl groups is 1. The summed E-state index contributed by atoms with van der Waals surface area (Å²) in [5.74, 6) is -0.0434. The van der Waals surface area contributed by atoms with Crippen molar-refractivity contribution < 1.29 is 5.11 Å². The second-order valence-corrected chi connectivity index (χ2v) is 3.43. The Balaban J connectivity index is 2.80. The molecule has 0 radical (unpaired) electrons. The third kappa shape index (κ3) is 2.27. The lowest BCUT2D eigenvalue weighted by Crippen LogP contribution is -2.17. The number of halogens is 1. The maximum Gasteiger partial charge on any atom is 0.0527 e. The SMILES string of the molecule is NCC(CO)c1ccc(Br)cn1. The molecule has 0 bridgehead atoms. The highest BCUT2D eigenvalue weighted by Crippen LogP contribution is 2.13. The van der Waals surface area contributed by atoms with E-state index in [1.807, 2.05) is 12.1 Å². The Hall–Kier alpha value is -0.450. The minimum atomic E-state index is -0.0434. The lowest BCUT2D eigenvalue weighted by Gasteiger charge is -2.09. The minimum Gasteiger partial charge on any atom is -0.396 e. The molecule has 3 nitrogen and oxygen atoms in total. The Bertz CT molecular complexity index is 233. The van der Waals surface area contributed by atoms with Crippen molar-refractivity contribution >= 4 is 15.9 Å². The van der Waals surface area contributed by atoms with Crippen LogP contribution >= 0.6 is 15.9 Å². The number of pyridine rings is 1. The van der Waals surface area contributed by atoms with Crippen molar-refractivity contribution in [3.8, 4) is 0 Å². The minimum absolute atomic E-state index is 0.0434. The van der Waals surface area contributed by atoms with Crippen LogP contribution in [-0.4, -0.2) is 23.2 Å². The van der Waals surface area contributed by atoms with Gasteiger partial charge >= 0.3 is 0 Å². The van der Waals surface area contributed by atoms with Crippen LogP contribution < -0.4 is 5.73 Å². The lowest BCUT2D eigenvalue weighted by atomic mass is 10.1. The largest absolute Gasteiger partial charge is 0.396 e. The third-order valence-corrected chi connectivity index (χ3v) is 2.14. The van der Waals surface area contributed by atoms with Gasteiger partial charge in [-0.3, -0.25) is 4.98 Å². The van der Waals surface area contributed by atoms with Gasteiger partial charge in [-0.15, -0.1) is 0 Å². The first-order chi connectivity index (χ1) is 5.77. The van der Waals surface area contributed by atoms with Crippen LogP contribution in [0.15, 0.2) is 22.8 Å². The summed E-state index contributed by atoms with van der Waals surface area (Å²) in [7, 11) is 0. The fourth-order valence-electron chi connectivity index (χ4n) is 0.918. The summed E-state index contributed by atoms with van der Waals surface area (Å²) in [6.45, 7) is 0.469. The van der Waals surface area contributed by atoms with Gasteiger partial charge in [0.1, 0.15) is 0 Å². The van der Waals surface area contributed by atoms with E-state index in [1.165, 1.54) is 0 Å². The molecule has 3 N–H and O–H groups in total. The average molecular weight is 231 g/mol. The van der Waals surface area contributed by atoms with E-state index in [1.54, 1.807) is 6.20 Å². The highest BCUT2D eigenvalue weighted by Gasteiger charge is 2.08. The molecule has 0 aromatic carbocycles. The van der Waals surface area contributed by atoms with Gasteiger partial charge in [-0.25, -0.2) is 0 Å². The van der Waals surface area contributed by atoms with Crippen LogP contribution in [0.1, 0.15) is 11.6 Å². The molecule has 0 aliphatic rings. The molecule has 0 aliphatic carbocycles. The van der Waals surface area contributed by atoms with Crippen LogP contribution in [0.3, 0.4) is 0 Å².